The largest absolute Gasteiger partial charge is 0.438 e. The Morgan fingerprint density at radius 3 is 2.33 bits per heavy atom. The minimum absolute atomic E-state index is 0.385. The summed E-state index contributed by atoms with van der Waals surface area (Å²) in [6, 6.07) is 7.99. The average molecular weight is 243 g/mol. The Morgan fingerprint density at radius 2 is 1.83 bits per heavy atom. The predicted octanol–water partition coefficient (Wildman–Crippen LogP) is 2.85. The van der Waals surface area contributed by atoms with Crippen LogP contribution in [0.5, 0.6) is 11.6 Å². The van der Waals surface area contributed by atoms with E-state index in [0.717, 1.165) is 11.4 Å². The highest BCUT2D eigenvalue weighted by atomic mass is 16.5. The lowest BCUT2D eigenvalue weighted by Crippen LogP contribution is -2.00. The van der Waals surface area contributed by atoms with Gasteiger partial charge in [0.2, 0.25) is 5.88 Å². The molecule has 0 saturated carbocycles. The number of rotatable bonds is 4. The van der Waals surface area contributed by atoms with Crippen LogP contribution in [0.3, 0.4) is 0 Å². The molecule has 0 aliphatic rings. The molecule has 0 bridgehead atoms. The molecule has 0 unspecified atom stereocenters. The number of benzene rings is 1. The highest BCUT2D eigenvalue weighted by molar-refractivity contribution is 5.31. The molecule has 0 atom stereocenters. The molecule has 0 aliphatic heterocycles. The normalized spacial score (nSPS) is 10.7. The van der Waals surface area contributed by atoms with Crippen molar-refractivity contribution in [2.45, 2.75) is 26.3 Å². The summed E-state index contributed by atoms with van der Waals surface area (Å²) in [6.07, 6.45) is 3.20. The van der Waals surface area contributed by atoms with Crippen molar-refractivity contribution >= 4 is 0 Å². The van der Waals surface area contributed by atoms with Crippen molar-refractivity contribution in [2.24, 2.45) is 5.73 Å². The van der Waals surface area contributed by atoms with E-state index in [-0.39, 0.29) is 0 Å². The summed E-state index contributed by atoms with van der Waals surface area (Å²) in [7, 11) is 0. The third-order valence-corrected chi connectivity index (χ3v) is 2.66. The van der Waals surface area contributed by atoms with Crippen LogP contribution >= 0.6 is 0 Å². The van der Waals surface area contributed by atoms with Crippen molar-refractivity contribution in [3.8, 4) is 11.6 Å². The molecule has 18 heavy (non-hydrogen) atoms. The van der Waals surface area contributed by atoms with Gasteiger partial charge in [0.1, 0.15) is 5.75 Å². The molecule has 1 aromatic carbocycles. The van der Waals surface area contributed by atoms with Gasteiger partial charge in [0.15, 0.2) is 0 Å². The molecule has 4 nitrogen and oxygen atoms in total. The Labute approximate surface area is 107 Å². The molecular weight excluding hydrogens is 226 g/mol. The first kappa shape index (κ1) is 12.5. The van der Waals surface area contributed by atoms with Crippen molar-refractivity contribution in [3.63, 3.8) is 0 Å². The van der Waals surface area contributed by atoms with E-state index < -0.39 is 0 Å². The summed E-state index contributed by atoms with van der Waals surface area (Å²) in [4.78, 5) is 8.26. The predicted molar refractivity (Wildman–Crippen MR) is 70.5 cm³/mol. The molecule has 94 valence electrons. The maximum absolute atomic E-state index is 5.60. The van der Waals surface area contributed by atoms with Gasteiger partial charge in [-0.1, -0.05) is 26.0 Å². The molecule has 0 fully saturated rings. The van der Waals surface area contributed by atoms with E-state index in [1.165, 1.54) is 5.56 Å². The second kappa shape index (κ2) is 5.60. The zero-order valence-corrected chi connectivity index (χ0v) is 10.6. The van der Waals surface area contributed by atoms with Crippen molar-refractivity contribution in [3.05, 3.63) is 47.9 Å². The third kappa shape index (κ3) is 3.05. The quantitative estimate of drug-likeness (QED) is 0.897. The van der Waals surface area contributed by atoms with E-state index in [4.69, 9.17) is 10.5 Å². The fraction of sp³-hybridized carbons (Fsp3) is 0.286. The first-order valence-corrected chi connectivity index (χ1v) is 5.98. The lowest BCUT2D eigenvalue weighted by Gasteiger charge is -2.07. The highest BCUT2D eigenvalue weighted by Gasteiger charge is 2.02. The van der Waals surface area contributed by atoms with E-state index in [1.54, 1.807) is 12.4 Å². The molecule has 1 heterocycles. The number of hydrogen-bond acceptors (Lipinski definition) is 4. The topological polar surface area (TPSA) is 61.0 Å². The number of aromatic nitrogens is 2. The van der Waals surface area contributed by atoms with E-state index in [1.807, 2.05) is 12.1 Å². The van der Waals surface area contributed by atoms with Gasteiger partial charge >= 0.3 is 0 Å². The van der Waals surface area contributed by atoms with Crippen LogP contribution in [-0.2, 0) is 6.54 Å². The van der Waals surface area contributed by atoms with Crippen molar-refractivity contribution in [1.29, 1.82) is 0 Å². The molecule has 1 aromatic heterocycles. The number of nitrogens with two attached hydrogens (primary N) is 1. The zero-order chi connectivity index (χ0) is 13.0. The van der Waals surface area contributed by atoms with E-state index in [0.29, 0.717) is 18.3 Å². The van der Waals surface area contributed by atoms with Crippen molar-refractivity contribution < 1.29 is 4.74 Å². The van der Waals surface area contributed by atoms with E-state index in [2.05, 4.69) is 35.9 Å². The SMILES string of the molecule is CC(C)c1ccc(Oc2cnc(CN)cn2)cc1. The van der Waals surface area contributed by atoms with Gasteiger partial charge in [0.25, 0.3) is 0 Å². The Bertz CT molecular complexity index is 491. The zero-order valence-electron chi connectivity index (χ0n) is 10.6. The van der Waals surface area contributed by atoms with Gasteiger partial charge in [-0.3, -0.25) is 4.98 Å². The Balaban J connectivity index is 2.08. The molecule has 0 aliphatic carbocycles. The molecule has 0 amide bonds. The van der Waals surface area contributed by atoms with Crippen LogP contribution in [0, 0.1) is 0 Å². The Hall–Kier alpha value is -1.94. The van der Waals surface area contributed by atoms with Crippen LogP contribution in [0.15, 0.2) is 36.7 Å². The molecule has 4 heteroatoms. The average Bonchev–Trinajstić information content (AvgIpc) is 2.40. The highest BCUT2D eigenvalue weighted by Crippen LogP contribution is 2.22. The molecule has 0 radical (unpaired) electrons. The summed E-state index contributed by atoms with van der Waals surface area (Å²) in [5.74, 6) is 1.75. The Morgan fingerprint density at radius 1 is 1.11 bits per heavy atom. The summed E-state index contributed by atoms with van der Waals surface area (Å²) in [5, 5.41) is 0. The van der Waals surface area contributed by atoms with Gasteiger partial charge in [-0.15, -0.1) is 0 Å². The minimum atomic E-state index is 0.385. The fourth-order valence-corrected chi connectivity index (χ4v) is 1.54. The summed E-state index contributed by atoms with van der Waals surface area (Å²) >= 11 is 0. The summed E-state index contributed by atoms with van der Waals surface area (Å²) in [5.41, 5.74) is 7.49. The number of nitrogens with zero attached hydrogens (tertiary/aromatic N) is 2. The van der Waals surface area contributed by atoms with Crippen LogP contribution in [0.4, 0.5) is 0 Å². The first-order valence-electron chi connectivity index (χ1n) is 5.98. The van der Waals surface area contributed by atoms with Gasteiger partial charge in [0, 0.05) is 6.54 Å². The molecule has 2 aromatic rings. The van der Waals surface area contributed by atoms with Crippen LogP contribution < -0.4 is 10.5 Å². The standard InChI is InChI=1S/C14H17N3O/c1-10(2)11-3-5-13(6-4-11)18-14-9-16-12(7-15)8-17-14/h3-6,8-10H,7,15H2,1-2H3. The second-order valence-corrected chi connectivity index (χ2v) is 4.38. The smallest absolute Gasteiger partial charge is 0.237 e. The van der Waals surface area contributed by atoms with Crippen LogP contribution in [0.25, 0.3) is 0 Å². The lowest BCUT2D eigenvalue weighted by atomic mass is 10.0. The summed E-state index contributed by atoms with van der Waals surface area (Å²) in [6.45, 7) is 4.70. The Kier molecular flexibility index (Phi) is 3.89. The maximum atomic E-state index is 5.60. The molecule has 0 spiro atoms. The minimum Gasteiger partial charge on any atom is -0.438 e. The van der Waals surface area contributed by atoms with Gasteiger partial charge in [-0.05, 0) is 23.6 Å². The molecule has 0 saturated heterocycles. The van der Waals surface area contributed by atoms with Crippen molar-refractivity contribution in [2.75, 3.05) is 0 Å². The third-order valence-electron chi connectivity index (χ3n) is 2.66. The lowest BCUT2D eigenvalue weighted by molar-refractivity contribution is 0.459. The van der Waals surface area contributed by atoms with E-state index >= 15 is 0 Å². The summed E-state index contributed by atoms with van der Waals surface area (Å²) < 4.78 is 5.60. The van der Waals surface area contributed by atoms with E-state index in [9.17, 15) is 0 Å². The molecule has 2 N–H and O–H groups in total. The van der Waals surface area contributed by atoms with Gasteiger partial charge in [-0.2, -0.15) is 0 Å². The van der Waals surface area contributed by atoms with Gasteiger partial charge in [0.05, 0.1) is 18.1 Å². The number of ether oxygens (including phenoxy) is 1. The van der Waals surface area contributed by atoms with Crippen LogP contribution in [0.1, 0.15) is 31.0 Å². The second-order valence-electron chi connectivity index (χ2n) is 4.38. The number of hydrogen-bond donors (Lipinski definition) is 1. The van der Waals surface area contributed by atoms with Gasteiger partial charge < -0.3 is 10.5 Å². The molecule has 2 rings (SSSR count). The first-order chi connectivity index (χ1) is 8.69. The monoisotopic (exact) mass is 243 g/mol. The van der Waals surface area contributed by atoms with Gasteiger partial charge in [-0.25, -0.2) is 4.98 Å². The van der Waals surface area contributed by atoms with Crippen molar-refractivity contribution in [1.82, 2.24) is 9.97 Å². The van der Waals surface area contributed by atoms with Crippen LogP contribution in [0.2, 0.25) is 0 Å². The maximum Gasteiger partial charge on any atom is 0.237 e. The fourth-order valence-electron chi connectivity index (χ4n) is 1.54. The van der Waals surface area contributed by atoms with Crippen LogP contribution in [-0.4, -0.2) is 9.97 Å². The molecular formula is C14H17N3O.